The van der Waals surface area contributed by atoms with Gasteiger partial charge in [0.1, 0.15) is 12.4 Å². The summed E-state index contributed by atoms with van der Waals surface area (Å²) in [5.41, 5.74) is 3.54. The number of para-hydroxylation sites is 1. The third-order valence-electron chi connectivity index (χ3n) is 4.90. The van der Waals surface area contributed by atoms with Gasteiger partial charge in [-0.3, -0.25) is 13.9 Å². The molecule has 0 aliphatic heterocycles. The van der Waals surface area contributed by atoms with Crippen LogP contribution >= 0.6 is 0 Å². The molecule has 0 aliphatic rings. The summed E-state index contributed by atoms with van der Waals surface area (Å²) in [7, 11) is 3.44. The summed E-state index contributed by atoms with van der Waals surface area (Å²) < 4.78 is 9.02. The molecular weight excluding hydrogens is 366 g/mol. The predicted molar refractivity (Wildman–Crippen MR) is 113 cm³/mol. The van der Waals surface area contributed by atoms with Crippen molar-refractivity contribution in [3.05, 3.63) is 94.4 Å². The molecule has 1 heterocycles. The van der Waals surface area contributed by atoms with Gasteiger partial charge >= 0.3 is 5.69 Å². The van der Waals surface area contributed by atoms with Crippen molar-refractivity contribution in [2.45, 2.75) is 6.61 Å². The Labute approximate surface area is 168 Å². The first kappa shape index (κ1) is 18.6. The third kappa shape index (κ3) is 3.65. The van der Waals surface area contributed by atoms with Gasteiger partial charge in [-0.2, -0.15) is 0 Å². The van der Waals surface area contributed by atoms with Crippen LogP contribution in [0.2, 0.25) is 0 Å². The third-order valence-corrected chi connectivity index (χ3v) is 4.90. The molecule has 4 aromatic rings. The van der Waals surface area contributed by atoms with Gasteiger partial charge in [-0.25, -0.2) is 4.79 Å². The average Bonchev–Trinajstić information content (AvgIpc) is 2.97. The number of anilines is 1. The molecule has 0 fully saturated rings. The minimum Gasteiger partial charge on any atom is -0.488 e. The van der Waals surface area contributed by atoms with Gasteiger partial charge in [-0.15, -0.1) is 0 Å². The smallest absolute Gasteiger partial charge is 0.328 e. The van der Waals surface area contributed by atoms with Crippen LogP contribution in [0.15, 0.2) is 77.6 Å². The first-order chi connectivity index (χ1) is 14.0. The van der Waals surface area contributed by atoms with E-state index in [4.69, 9.17) is 4.74 Å². The molecule has 4 rings (SSSR count). The fourth-order valence-corrected chi connectivity index (χ4v) is 3.30. The Balaban J connectivity index is 1.57. The van der Waals surface area contributed by atoms with Crippen LogP contribution in [0.1, 0.15) is 15.9 Å². The Bertz CT molecular complexity index is 1240. The van der Waals surface area contributed by atoms with E-state index in [0.717, 1.165) is 16.6 Å². The Morgan fingerprint density at radius 3 is 2.38 bits per heavy atom. The highest BCUT2D eigenvalue weighted by molar-refractivity contribution is 6.06. The van der Waals surface area contributed by atoms with Crippen molar-refractivity contribution in [2.75, 3.05) is 5.32 Å². The molecule has 1 aromatic heterocycles. The van der Waals surface area contributed by atoms with Gasteiger partial charge in [-0.05, 0) is 35.9 Å². The first-order valence-corrected chi connectivity index (χ1v) is 9.27. The number of fused-ring (bicyclic) bond motifs is 1. The summed E-state index contributed by atoms with van der Waals surface area (Å²) in [6.07, 6.45) is 0. The lowest BCUT2D eigenvalue weighted by molar-refractivity contribution is 0.102. The highest BCUT2D eigenvalue weighted by atomic mass is 16.5. The molecule has 0 unspecified atom stereocenters. The molecular formula is C23H21N3O3. The Kier molecular flexibility index (Phi) is 4.91. The summed E-state index contributed by atoms with van der Waals surface area (Å²) in [6.45, 7) is 0.378. The molecule has 0 radical (unpaired) electrons. The largest absolute Gasteiger partial charge is 0.488 e. The second-order valence-corrected chi connectivity index (χ2v) is 6.83. The van der Waals surface area contributed by atoms with E-state index in [2.05, 4.69) is 5.32 Å². The van der Waals surface area contributed by atoms with Gasteiger partial charge < -0.3 is 10.1 Å². The Morgan fingerprint density at radius 1 is 0.897 bits per heavy atom. The van der Waals surface area contributed by atoms with Crippen LogP contribution in [0.25, 0.3) is 11.0 Å². The van der Waals surface area contributed by atoms with E-state index in [0.29, 0.717) is 23.6 Å². The zero-order chi connectivity index (χ0) is 20.4. The van der Waals surface area contributed by atoms with Crippen LogP contribution in [-0.4, -0.2) is 15.0 Å². The molecule has 0 saturated carbocycles. The van der Waals surface area contributed by atoms with Crippen LogP contribution in [0.4, 0.5) is 5.69 Å². The first-order valence-electron chi connectivity index (χ1n) is 9.27. The molecule has 1 amide bonds. The van der Waals surface area contributed by atoms with Crippen molar-refractivity contribution in [1.82, 2.24) is 9.13 Å². The zero-order valence-electron chi connectivity index (χ0n) is 16.3. The average molecular weight is 387 g/mol. The summed E-state index contributed by atoms with van der Waals surface area (Å²) in [5, 5.41) is 2.90. The number of hydrogen-bond donors (Lipinski definition) is 1. The van der Waals surface area contributed by atoms with Crippen LogP contribution in [0.3, 0.4) is 0 Å². The topological polar surface area (TPSA) is 65.3 Å². The van der Waals surface area contributed by atoms with Crippen molar-refractivity contribution in [1.29, 1.82) is 0 Å². The molecule has 0 bridgehead atoms. The normalized spacial score (nSPS) is 10.8. The van der Waals surface area contributed by atoms with E-state index < -0.39 is 0 Å². The lowest BCUT2D eigenvalue weighted by Gasteiger charge is -2.12. The number of carbonyl (C=O) groups excluding carboxylic acids is 1. The van der Waals surface area contributed by atoms with Crippen molar-refractivity contribution >= 4 is 22.6 Å². The van der Waals surface area contributed by atoms with Crippen LogP contribution in [0.5, 0.6) is 5.75 Å². The minimum absolute atomic E-state index is 0.108. The number of benzene rings is 3. The monoisotopic (exact) mass is 387 g/mol. The van der Waals surface area contributed by atoms with Gasteiger partial charge in [0.15, 0.2) is 0 Å². The number of aromatic nitrogens is 2. The van der Waals surface area contributed by atoms with Crippen molar-refractivity contribution in [3.8, 4) is 5.75 Å². The van der Waals surface area contributed by atoms with Gasteiger partial charge in [-0.1, -0.05) is 42.5 Å². The van der Waals surface area contributed by atoms with E-state index in [1.165, 1.54) is 0 Å². The molecule has 0 saturated heterocycles. The molecule has 29 heavy (non-hydrogen) atoms. The molecule has 146 valence electrons. The molecule has 0 spiro atoms. The highest BCUT2D eigenvalue weighted by Crippen LogP contribution is 2.23. The van der Waals surface area contributed by atoms with E-state index in [-0.39, 0.29) is 11.6 Å². The number of nitrogens with one attached hydrogen (secondary N) is 1. The number of ether oxygens (including phenoxy) is 1. The Hall–Kier alpha value is -3.80. The lowest BCUT2D eigenvalue weighted by Crippen LogP contribution is -2.19. The maximum atomic E-state index is 12.9. The molecule has 6 nitrogen and oxygen atoms in total. The summed E-state index contributed by atoms with van der Waals surface area (Å²) in [5.74, 6) is 0.246. The molecule has 6 heteroatoms. The number of carbonyl (C=O) groups is 1. The summed E-state index contributed by atoms with van der Waals surface area (Å²) in [6, 6.07) is 22.3. The van der Waals surface area contributed by atoms with Gasteiger partial charge in [0.25, 0.3) is 5.91 Å². The molecule has 3 aromatic carbocycles. The molecule has 0 atom stereocenters. The number of rotatable bonds is 5. The number of amides is 1. The summed E-state index contributed by atoms with van der Waals surface area (Å²) >= 11 is 0. The zero-order valence-corrected chi connectivity index (χ0v) is 16.3. The van der Waals surface area contributed by atoms with Gasteiger partial charge in [0.05, 0.1) is 16.6 Å². The maximum absolute atomic E-state index is 12.9. The second kappa shape index (κ2) is 7.67. The van der Waals surface area contributed by atoms with E-state index in [1.807, 2.05) is 42.5 Å². The second-order valence-electron chi connectivity index (χ2n) is 6.83. The van der Waals surface area contributed by atoms with E-state index >= 15 is 0 Å². The van der Waals surface area contributed by atoms with Crippen molar-refractivity contribution < 1.29 is 9.53 Å². The van der Waals surface area contributed by atoms with Crippen LogP contribution < -0.4 is 15.7 Å². The Morgan fingerprint density at radius 2 is 1.59 bits per heavy atom. The molecule has 0 aliphatic carbocycles. The molecule has 1 N–H and O–H groups in total. The maximum Gasteiger partial charge on any atom is 0.328 e. The number of imidazole rings is 1. The minimum atomic E-state index is -0.269. The standard InChI is InChI=1S/C23H21N3O3/c1-25-19-13-12-17(14-20(19)26(2)23(25)28)24-22(27)18-10-6-7-11-21(18)29-15-16-8-4-3-5-9-16/h3-14H,15H2,1-2H3,(H,24,27). The van der Waals surface area contributed by atoms with Crippen LogP contribution in [-0.2, 0) is 20.7 Å². The van der Waals surface area contributed by atoms with Crippen molar-refractivity contribution in [2.24, 2.45) is 14.1 Å². The number of nitrogens with zero attached hydrogens (tertiary/aromatic N) is 2. The fraction of sp³-hybridized carbons (Fsp3) is 0.130. The van der Waals surface area contributed by atoms with E-state index in [1.54, 1.807) is 53.6 Å². The van der Waals surface area contributed by atoms with Crippen LogP contribution in [0, 0.1) is 0 Å². The predicted octanol–water partition coefficient (Wildman–Crippen LogP) is 3.71. The number of aryl methyl sites for hydroxylation is 2. The summed E-state index contributed by atoms with van der Waals surface area (Å²) in [4.78, 5) is 25.0. The van der Waals surface area contributed by atoms with Gasteiger partial charge in [0.2, 0.25) is 0 Å². The van der Waals surface area contributed by atoms with E-state index in [9.17, 15) is 9.59 Å². The fourth-order valence-electron chi connectivity index (χ4n) is 3.30. The highest BCUT2D eigenvalue weighted by Gasteiger charge is 2.14. The lowest BCUT2D eigenvalue weighted by atomic mass is 10.1. The number of hydrogen-bond acceptors (Lipinski definition) is 3. The SMILES string of the molecule is Cn1c(=O)n(C)c2cc(NC(=O)c3ccccc3OCc3ccccc3)ccc21. The quantitative estimate of drug-likeness (QED) is 0.568. The van der Waals surface area contributed by atoms with Crippen molar-refractivity contribution in [3.63, 3.8) is 0 Å². The van der Waals surface area contributed by atoms with Gasteiger partial charge in [0, 0.05) is 19.8 Å².